The van der Waals surface area contributed by atoms with E-state index in [4.69, 9.17) is 14.6 Å². The van der Waals surface area contributed by atoms with Crippen LogP contribution in [0.5, 0.6) is 0 Å². The Labute approximate surface area is 133 Å². The summed E-state index contributed by atoms with van der Waals surface area (Å²) in [6, 6.07) is 3.95. The highest BCUT2D eigenvalue weighted by Crippen LogP contribution is 2.28. The number of aliphatic carboxylic acids is 1. The molecule has 0 bridgehead atoms. The van der Waals surface area contributed by atoms with Gasteiger partial charge in [0.15, 0.2) is 0 Å². The van der Waals surface area contributed by atoms with Crippen molar-refractivity contribution in [2.75, 3.05) is 26.9 Å². The van der Waals surface area contributed by atoms with Gasteiger partial charge >= 0.3 is 5.97 Å². The summed E-state index contributed by atoms with van der Waals surface area (Å²) in [6.07, 6.45) is 1.60. The molecule has 6 nitrogen and oxygen atoms in total. The van der Waals surface area contributed by atoms with E-state index in [1.807, 2.05) is 0 Å². The van der Waals surface area contributed by atoms with E-state index in [2.05, 4.69) is 0 Å². The fourth-order valence-electron chi connectivity index (χ4n) is 2.21. The van der Waals surface area contributed by atoms with Gasteiger partial charge in [-0.1, -0.05) is 0 Å². The fraction of sp³-hybridized carbons (Fsp3) is 0.500. The number of carbonyl (C=O) groups excluding carboxylic acids is 1. The van der Waals surface area contributed by atoms with Crippen LogP contribution < -0.4 is 0 Å². The van der Waals surface area contributed by atoms with Crippen molar-refractivity contribution >= 4 is 11.9 Å². The molecule has 0 atom stereocenters. The van der Waals surface area contributed by atoms with Crippen molar-refractivity contribution in [3.8, 4) is 0 Å². The number of methoxy groups -OCH3 is 1. The first kappa shape index (κ1) is 17.4. The van der Waals surface area contributed by atoms with Gasteiger partial charge in [0.1, 0.15) is 12.4 Å². The predicted molar refractivity (Wildman–Crippen MR) is 79.6 cm³/mol. The highest BCUT2D eigenvalue weighted by Gasteiger charge is 2.34. The van der Waals surface area contributed by atoms with Gasteiger partial charge in [-0.05, 0) is 31.0 Å². The number of benzene rings is 1. The quantitative estimate of drug-likeness (QED) is 0.699. The minimum absolute atomic E-state index is 0.0265. The lowest BCUT2D eigenvalue weighted by Gasteiger charge is -2.20. The van der Waals surface area contributed by atoms with Crippen LogP contribution in [0, 0.1) is 5.82 Å². The molecule has 0 saturated heterocycles. The lowest BCUT2D eigenvalue weighted by molar-refractivity contribution is -0.137. The van der Waals surface area contributed by atoms with Gasteiger partial charge in [0.2, 0.25) is 0 Å². The van der Waals surface area contributed by atoms with Gasteiger partial charge in [0, 0.05) is 24.3 Å². The predicted octanol–water partition coefficient (Wildman–Crippen LogP) is 1.68. The average molecular weight is 325 g/mol. The zero-order chi connectivity index (χ0) is 16.8. The fourth-order valence-corrected chi connectivity index (χ4v) is 2.21. The van der Waals surface area contributed by atoms with E-state index in [0.717, 1.165) is 12.8 Å². The number of hydrogen-bond acceptors (Lipinski definition) is 4. The molecule has 0 radical (unpaired) electrons. The van der Waals surface area contributed by atoms with E-state index >= 15 is 0 Å². The Balaban J connectivity index is 2.08. The van der Waals surface area contributed by atoms with Crippen LogP contribution in [0.3, 0.4) is 0 Å². The van der Waals surface area contributed by atoms with E-state index in [1.54, 1.807) is 0 Å². The third-order valence-corrected chi connectivity index (χ3v) is 3.54. The van der Waals surface area contributed by atoms with Crippen LogP contribution in [-0.2, 0) is 20.9 Å². The number of amides is 1. The molecule has 2 rings (SSSR count). The minimum Gasteiger partial charge on any atom is -0.480 e. The zero-order valence-electron chi connectivity index (χ0n) is 13.0. The number of carboxylic acids is 1. The lowest BCUT2D eigenvalue weighted by Crippen LogP contribution is -2.37. The number of rotatable bonds is 9. The number of hydrogen-bond donors (Lipinski definition) is 1. The molecule has 0 spiro atoms. The van der Waals surface area contributed by atoms with Gasteiger partial charge in [0.05, 0.1) is 19.8 Å². The summed E-state index contributed by atoms with van der Waals surface area (Å²) < 4.78 is 23.9. The minimum atomic E-state index is -1.06. The topological polar surface area (TPSA) is 76.1 Å². The molecule has 126 valence electrons. The molecule has 1 aliphatic rings. The third-order valence-electron chi connectivity index (χ3n) is 3.54. The molecule has 7 heteroatoms. The maximum absolute atomic E-state index is 13.8. The summed E-state index contributed by atoms with van der Waals surface area (Å²) in [5.74, 6) is -1.92. The molecule has 23 heavy (non-hydrogen) atoms. The molecule has 0 aromatic heterocycles. The van der Waals surface area contributed by atoms with Crippen LogP contribution >= 0.6 is 0 Å². The molecule has 1 aromatic rings. The summed E-state index contributed by atoms with van der Waals surface area (Å²) in [4.78, 5) is 24.7. The Hall–Kier alpha value is -1.99. The molecule has 1 aliphatic carbocycles. The number of carboxylic acid groups (broad SMARTS) is 1. The van der Waals surface area contributed by atoms with E-state index in [9.17, 15) is 14.0 Å². The molecule has 1 aromatic carbocycles. The Kier molecular flexibility index (Phi) is 6.06. The Morgan fingerprint density at radius 2 is 2.09 bits per heavy atom. The van der Waals surface area contributed by atoms with E-state index < -0.39 is 17.7 Å². The summed E-state index contributed by atoms with van der Waals surface area (Å²) in [6.45, 7) is 0.398. The molecule has 0 aliphatic heterocycles. The maximum Gasteiger partial charge on any atom is 0.323 e. The Morgan fingerprint density at radius 3 is 2.70 bits per heavy atom. The van der Waals surface area contributed by atoms with E-state index in [1.165, 1.54) is 30.2 Å². The van der Waals surface area contributed by atoms with Crippen LogP contribution in [0.15, 0.2) is 18.2 Å². The maximum atomic E-state index is 13.8. The second-order valence-corrected chi connectivity index (χ2v) is 5.41. The number of nitrogens with zero attached hydrogens (tertiary/aromatic N) is 1. The molecule has 1 saturated carbocycles. The van der Waals surface area contributed by atoms with Gasteiger partial charge in [-0.3, -0.25) is 9.59 Å². The van der Waals surface area contributed by atoms with Crippen molar-refractivity contribution in [1.82, 2.24) is 4.90 Å². The number of halogens is 1. The van der Waals surface area contributed by atoms with Gasteiger partial charge in [-0.25, -0.2) is 4.39 Å². The number of carbonyl (C=O) groups is 2. The smallest absolute Gasteiger partial charge is 0.323 e. The van der Waals surface area contributed by atoms with Crippen molar-refractivity contribution in [2.24, 2.45) is 0 Å². The van der Waals surface area contributed by atoms with Crippen LogP contribution in [0.4, 0.5) is 4.39 Å². The summed E-state index contributed by atoms with van der Waals surface area (Å²) in [5, 5.41) is 8.94. The summed E-state index contributed by atoms with van der Waals surface area (Å²) >= 11 is 0. The first-order chi connectivity index (χ1) is 11.0. The molecule has 0 heterocycles. The van der Waals surface area contributed by atoms with Crippen LogP contribution in [0.1, 0.15) is 28.8 Å². The molecule has 1 amide bonds. The highest BCUT2D eigenvalue weighted by molar-refractivity contribution is 5.96. The van der Waals surface area contributed by atoms with Crippen molar-refractivity contribution in [2.45, 2.75) is 25.5 Å². The summed E-state index contributed by atoms with van der Waals surface area (Å²) in [7, 11) is 1.54. The van der Waals surface area contributed by atoms with Gasteiger partial charge in [-0.15, -0.1) is 0 Å². The van der Waals surface area contributed by atoms with Crippen LogP contribution in [-0.4, -0.2) is 54.8 Å². The van der Waals surface area contributed by atoms with E-state index in [0.29, 0.717) is 13.2 Å². The van der Waals surface area contributed by atoms with E-state index in [-0.39, 0.29) is 30.3 Å². The summed E-state index contributed by atoms with van der Waals surface area (Å²) in [5.41, 5.74) is 0.530. The molecular formula is C16H20FNO5. The first-order valence-electron chi connectivity index (χ1n) is 7.40. The lowest BCUT2D eigenvalue weighted by atomic mass is 10.1. The SMILES string of the molecule is COCCOCc1cc(C(=O)N(CC(=O)O)C2CC2)ccc1F. The third kappa shape index (κ3) is 5.01. The number of ether oxygens (including phenoxy) is 2. The van der Waals surface area contributed by atoms with Gasteiger partial charge in [-0.2, -0.15) is 0 Å². The molecule has 1 fully saturated rings. The van der Waals surface area contributed by atoms with Crippen molar-refractivity contribution in [1.29, 1.82) is 0 Å². The second kappa shape index (κ2) is 8.03. The Morgan fingerprint density at radius 1 is 1.35 bits per heavy atom. The van der Waals surface area contributed by atoms with Crippen molar-refractivity contribution < 1.29 is 28.6 Å². The van der Waals surface area contributed by atoms with Crippen LogP contribution in [0.25, 0.3) is 0 Å². The van der Waals surface area contributed by atoms with Gasteiger partial charge in [0.25, 0.3) is 5.91 Å². The van der Waals surface area contributed by atoms with Crippen molar-refractivity contribution in [3.63, 3.8) is 0 Å². The molecule has 0 unspecified atom stereocenters. The normalized spacial score (nSPS) is 13.8. The molecular weight excluding hydrogens is 305 g/mol. The first-order valence-corrected chi connectivity index (χ1v) is 7.40. The highest BCUT2D eigenvalue weighted by atomic mass is 19.1. The molecule has 1 N–H and O–H groups in total. The van der Waals surface area contributed by atoms with Crippen LogP contribution in [0.2, 0.25) is 0 Å². The van der Waals surface area contributed by atoms with Gasteiger partial charge < -0.3 is 19.5 Å². The standard InChI is InChI=1S/C16H20FNO5/c1-22-6-7-23-10-12-8-11(2-5-14(12)17)16(21)18(9-15(19)20)13-3-4-13/h2,5,8,13H,3-4,6-7,9-10H2,1H3,(H,19,20). The second-order valence-electron chi connectivity index (χ2n) is 5.41. The van der Waals surface area contributed by atoms with Crippen molar-refractivity contribution in [3.05, 3.63) is 35.1 Å². The monoisotopic (exact) mass is 325 g/mol. The average Bonchev–Trinajstić information content (AvgIpc) is 3.34. The largest absolute Gasteiger partial charge is 0.480 e. The Bertz CT molecular complexity index is 574. The zero-order valence-corrected chi connectivity index (χ0v) is 13.0.